The van der Waals surface area contributed by atoms with Crippen LogP contribution in [0.2, 0.25) is 0 Å². The summed E-state index contributed by atoms with van der Waals surface area (Å²) in [6.07, 6.45) is 2.04. The Morgan fingerprint density at radius 1 is 1.12 bits per heavy atom. The second-order valence-electron chi connectivity index (χ2n) is 7.70. The molecule has 0 saturated carbocycles. The Bertz CT molecular complexity index is 1220. The lowest BCUT2D eigenvalue weighted by Crippen LogP contribution is -2.41. The number of carboxylic acid groups (broad SMARTS) is 1. The van der Waals surface area contributed by atoms with Gasteiger partial charge in [0.25, 0.3) is 5.91 Å². The molecule has 3 rings (SSSR count). The molecule has 0 spiro atoms. The van der Waals surface area contributed by atoms with Crippen molar-refractivity contribution in [2.45, 2.75) is 38.8 Å². The number of carboxylic acids is 1. The van der Waals surface area contributed by atoms with E-state index in [-0.39, 0.29) is 30.4 Å². The highest BCUT2D eigenvalue weighted by Gasteiger charge is 2.21. The fourth-order valence-corrected chi connectivity index (χ4v) is 3.24. The summed E-state index contributed by atoms with van der Waals surface area (Å²) in [5, 5.41) is 11.8. The van der Waals surface area contributed by atoms with E-state index >= 15 is 0 Å². The first kappa shape index (κ1) is 24.3. The molecule has 2 aromatic heterocycles. The van der Waals surface area contributed by atoms with Gasteiger partial charge in [0, 0.05) is 31.1 Å². The second-order valence-corrected chi connectivity index (χ2v) is 7.70. The number of amides is 1. The first-order chi connectivity index (χ1) is 16.2. The number of hydrogen-bond acceptors (Lipinski definition) is 10. The maximum absolute atomic E-state index is 12.5. The van der Waals surface area contributed by atoms with Crippen LogP contribution < -0.4 is 21.7 Å². The molecule has 12 nitrogen and oxygen atoms in total. The molecule has 12 heteroatoms. The molecule has 0 fully saturated rings. The number of nitrogens with one attached hydrogen (secondary N) is 1. The van der Waals surface area contributed by atoms with Gasteiger partial charge in [-0.1, -0.05) is 6.92 Å². The minimum atomic E-state index is -1.18. The molecule has 0 aliphatic carbocycles. The minimum absolute atomic E-state index is 0.0254. The molecule has 1 atom stereocenters. The molecule has 0 unspecified atom stereocenters. The summed E-state index contributed by atoms with van der Waals surface area (Å²) in [4.78, 5) is 53.9. The Hall–Kier alpha value is -4.35. The SMILES string of the molecule is CCC(=O)CC[C@H](NC(=O)c1ccc(N(C)Cc2cnc3nc(N)nc(N)c3n2)cc1)C(=O)O. The number of Topliss-reactive ketones (excluding diaryl/α,β-unsaturated/α-hetero) is 1. The van der Waals surface area contributed by atoms with Crippen molar-refractivity contribution in [3.05, 3.63) is 41.7 Å². The first-order valence-electron chi connectivity index (χ1n) is 10.6. The molecule has 1 aromatic carbocycles. The fraction of sp³-hybridized carbons (Fsp3) is 0.318. The van der Waals surface area contributed by atoms with Crippen LogP contribution in [0.25, 0.3) is 11.2 Å². The zero-order chi connectivity index (χ0) is 24.8. The summed E-state index contributed by atoms with van der Waals surface area (Å²) in [6.45, 7) is 2.10. The van der Waals surface area contributed by atoms with Crippen molar-refractivity contribution in [2.24, 2.45) is 0 Å². The second kappa shape index (κ2) is 10.5. The van der Waals surface area contributed by atoms with E-state index in [9.17, 15) is 19.5 Å². The summed E-state index contributed by atoms with van der Waals surface area (Å²) < 4.78 is 0. The molecule has 3 aromatic rings. The number of nitrogens with zero attached hydrogens (tertiary/aromatic N) is 5. The third kappa shape index (κ3) is 5.91. The van der Waals surface area contributed by atoms with Gasteiger partial charge < -0.3 is 26.8 Å². The van der Waals surface area contributed by atoms with Gasteiger partial charge in [-0.2, -0.15) is 9.97 Å². The standard InChI is InChI=1S/C22H26N8O4/c1-3-15(31)8-9-16(21(33)34)27-20(32)12-4-6-14(7-5-12)30(2)11-13-10-25-19-17(26-13)18(23)28-22(24)29-19/h4-7,10,16H,3,8-9,11H2,1-2H3,(H,27,32)(H,33,34)(H4,23,24,25,28,29)/t16-/m0/s1. The Kier molecular flexibility index (Phi) is 7.51. The molecular weight excluding hydrogens is 440 g/mol. The number of fused-ring (bicyclic) bond motifs is 1. The molecule has 0 aliphatic rings. The van der Waals surface area contributed by atoms with Crippen LogP contribution in [-0.2, 0) is 16.1 Å². The van der Waals surface area contributed by atoms with Gasteiger partial charge >= 0.3 is 5.97 Å². The third-order valence-electron chi connectivity index (χ3n) is 5.18. The highest BCUT2D eigenvalue weighted by atomic mass is 16.4. The number of nitrogen functional groups attached to an aromatic ring is 2. The Labute approximate surface area is 195 Å². The lowest BCUT2D eigenvalue weighted by Gasteiger charge is -2.19. The molecule has 6 N–H and O–H groups in total. The quantitative estimate of drug-likeness (QED) is 0.335. The number of nitrogens with two attached hydrogens (primary N) is 2. The van der Waals surface area contributed by atoms with E-state index in [0.717, 1.165) is 5.69 Å². The van der Waals surface area contributed by atoms with Gasteiger partial charge in [-0.25, -0.2) is 14.8 Å². The normalized spacial score (nSPS) is 11.7. The topological polar surface area (TPSA) is 190 Å². The Balaban J connectivity index is 1.66. The molecule has 0 aliphatic heterocycles. The number of carbonyl (C=O) groups excluding carboxylic acids is 2. The Morgan fingerprint density at radius 2 is 1.82 bits per heavy atom. The van der Waals surface area contributed by atoms with Crippen LogP contribution in [-0.4, -0.2) is 55.8 Å². The van der Waals surface area contributed by atoms with Crippen LogP contribution >= 0.6 is 0 Å². The molecule has 0 bridgehead atoms. The summed E-state index contributed by atoms with van der Waals surface area (Å²) in [6, 6.07) is 5.52. The average Bonchev–Trinajstić information content (AvgIpc) is 2.81. The maximum atomic E-state index is 12.5. The zero-order valence-corrected chi connectivity index (χ0v) is 18.9. The van der Waals surface area contributed by atoms with Crippen molar-refractivity contribution < 1.29 is 19.5 Å². The van der Waals surface area contributed by atoms with E-state index in [1.54, 1.807) is 37.4 Å². The van der Waals surface area contributed by atoms with Crippen LogP contribution in [0, 0.1) is 0 Å². The summed E-state index contributed by atoms with van der Waals surface area (Å²) in [5.74, 6) is -1.59. The van der Waals surface area contributed by atoms with Gasteiger partial charge in [0.1, 0.15) is 11.8 Å². The van der Waals surface area contributed by atoms with Gasteiger partial charge in [0.2, 0.25) is 5.95 Å². The van der Waals surface area contributed by atoms with Crippen LogP contribution in [0.15, 0.2) is 30.5 Å². The number of hydrogen-bond donors (Lipinski definition) is 4. The zero-order valence-electron chi connectivity index (χ0n) is 18.9. The third-order valence-corrected chi connectivity index (χ3v) is 5.18. The van der Waals surface area contributed by atoms with Gasteiger partial charge in [0.15, 0.2) is 17.0 Å². The molecular formula is C22H26N8O4. The van der Waals surface area contributed by atoms with Crippen molar-refractivity contribution in [3.8, 4) is 0 Å². The Morgan fingerprint density at radius 3 is 2.47 bits per heavy atom. The monoisotopic (exact) mass is 466 g/mol. The van der Waals surface area contributed by atoms with Crippen molar-refractivity contribution in [1.82, 2.24) is 25.3 Å². The minimum Gasteiger partial charge on any atom is -0.480 e. The molecule has 2 heterocycles. The van der Waals surface area contributed by atoms with Crippen molar-refractivity contribution >= 4 is 46.3 Å². The predicted octanol–water partition coefficient (Wildman–Crippen LogP) is 1.16. The van der Waals surface area contributed by atoms with Crippen molar-refractivity contribution in [3.63, 3.8) is 0 Å². The largest absolute Gasteiger partial charge is 0.480 e. The van der Waals surface area contributed by atoms with E-state index in [1.165, 1.54) is 0 Å². The highest BCUT2D eigenvalue weighted by Crippen LogP contribution is 2.19. The summed E-state index contributed by atoms with van der Waals surface area (Å²) >= 11 is 0. The number of aliphatic carboxylic acids is 1. The number of aromatic nitrogens is 4. The summed E-state index contributed by atoms with van der Waals surface area (Å²) in [5.41, 5.74) is 13.8. The number of carbonyl (C=O) groups is 3. The van der Waals surface area contributed by atoms with E-state index in [0.29, 0.717) is 35.4 Å². The lowest BCUT2D eigenvalue weighted by molar-refractivity contribution is -0.139. The fourth-order valence-electron chi connectivity index (χ4n) is 3.24. The van der Waals surface area contributed by atoms with E-state index < -0.39 is 17.9 Å². The lowest BCUT2D eigenvalue weighted by atomic mass is 10.1. The van der Waals surface area contributed by atoms with Crippen LogP contribution in [0.1, 0.15) is 42.2 Å². The van der Waals surface area contributed by atoms with Gasteiger partial charge in [-0.3, -0.25) is 9.59 Å². The predicted molar refractivity (Wildman–Crippen MR) is 126 cm³/mol. The molecule has 0 radical (unpaired) electrons. The van der Waals surface area contributed by atoms with Gasteiger partial charge in [-0.05, 0) is 30.7 Å². The van der Waals surface area contributed by atoms with Gasteiger partial charge in [0.05, 0.1) is 18.4 Å². The van der Waals surface area contributed by atoms with Crippen molar-refractivity contribution in [1.29, 1.82) is 0 Å². The molecule has 178 valence electrons. The van der Waals surface area contributed by atoms with Crippen LogP contribution in [0.3, 0.4) is 0 Å². The van der Waals surface area contributed by atoms with E-state index in [1.807, 2.05) is 11.9 Å². The number of rotatable bonds is 10. The summed E-state index contributed by atoms with van der Waals surface area (Å²) in [7, 11) is 1.84. The smallest absolute Gasteiger partial charge is 0.326 e. The maximum Gasteiger partial charge on any atom is 0.326 e. The van der Waals surface area contributed by atoms with Crippen LogP contribution in [0.5, 0.6) is 0 Å². The van der Waals surface area contributed by atoms with Gasteiger partial charge in [-0.15, -0.1) is 0 Å². The number of ketones is 1. The van der Waals surface area contributed by atoms with Crippen LogP contribution in [0.4, 0.5) is 17.5 Å². The number of anilines is 3. The number of benzene rings is 1. The molecule has 0 saturated heterocycles. The molecule has 1 amide bonds. The highest BCUT2D eigenvalue weighted by molar-refractivity contribution is 5.97. The van der Waals surface area contributed by atoms with E-state index in [2.05, 4.69) is 25.3 Å². The molecule has 34 heavy (non-hydrogen) atoms. The average molecular weight is 467 g/mol. The van der Waals surface area contributed by atoms with Crippen molar-refractivity contribution in [2.75, 3.05) is 23.4 Å². The van der Waals surface area contributed by atoms with E-state index in [4.69, 9.17) is 11.5 Å². The first-order valence-corrected chi connectivity index (χ1v) is 10.6.